The van der Waals surface area contributed by atoms with Crippen molar-refractivity contribution >= 4 is 23.4 Å². The molecule has 0 heterocycles. The lowest BCUT2D eigenvalue weighted by Crippen LogP contribution is -2.27. The fourth-order valence-electron chi connectivity index (χ4n) is 2.13. The molecule has 0 saturated carbocycles. The van der Waals surface area contributed by atoms with Gasteiger partial charge in [0.15, 0.2) is 0 Å². The molecular formula is C19H18F4N2O3. The molecule has 0 bridgehead atoms. The molecule has 0 saturated heterocycles. The second-order valence-corrected chi connectivity index (χ2v) is 6.85. The second-order valence-electron chi connectivity index (χ2n) is 6.85. The van der Waals surface area contributed by atoms with E-state index >= 15 is 0 Å². The van der Waals surface area contributed by atoms with Gasteiger partial charge in [-0.2, -0.15) is 13.2 Å². The Bertz CT molecular complexity index is 872. The maximum Gasteiger partial charge on any atom is 0.416 e. The monoisotopic (exact) mass is 398 g/mol. The number of alkyl halides is 3. The summed E-state index contributed by atoms with van der Waals surface area (Å²) in [5.74, 6) is -1.44. The van der Waals surface area contributed by atoms with Crippen molar-refractivity contribution in [2.24, 2.45) is 0 Å². The first kappa shape index (κ1) is 21.2. The zero-order valence-corrected chi connectivity index (χ0v) is 15.3. The van der Waals surface area contributed by atoms with Crippen LogP contribution in [0.3, 0.4) is 0 Å². The Kier molecular flexibility index (Phi) is 5.96. The molecule has 150 valence electrons. The Hall–Kier alpha value is -3.10. The SMILES string of the molecule is CC(C)(C)OC(=O)Nc1cc(NC(=O)c2ccc(C(F)(F)F)cc2)ccc1F. The minimum absolute atomic E-state index is 0.0148. The molecule has 0 aliphatic heterocycles. The molecule has 2 aromatic carbocycles. The van der Waals surface area contributed by atoms with Gasteiger partial charge in [-0.1, -0.05) is 0 Å². The number of carbonyl (C=O) groups excluding carboxylic acids is 2. The molecule has 0 spiro atoms. The van der Waals surface area contributed by atoms with Crippen LogP contribution in [0.5, 0.6) is 0 Å². The third-order valence-electron chi connectivity index (χ3n) is 3.33. The van der Waals surface area contributed by atoms with Crippen molar-refractivity contribution in [3.63, 3.8) is 0 Å². The van der Waals surface area contributed by atoms with Gasteiger partial charge in [-0.15, -0.1) is 0 Å². The fourth-order valence-corrected chi connectivity index (χ4v) is 2.13. The van der Waals surface area contributed by atoms with Crippen LogP contribution in [0.2, 0.25) is 0 Å². The van der Waals surface area contributed by atoms with Crippen LogP contribution >= 0.6 is 0 Å². The number of amides is 2. The van der Waals surface area contributed by atoms with Gasteiger partial charge in [-0.25, -0.2) is 9.18 Å². The van der Waals surface area contributed by atoms with E-state index in [2.05, 4.69) is 10.6 Å². The number of benzene rings is 2. The number of halogens is 4. The predicted octanol–water partition coefficient (Wildman–Crippen LogP) is 5.44. The number of nitrogens with one attached hydrogen (secondary N) is 2. The van der Waals surface area contributed by atoms with Crippen molar-refractivity contribution in [1.29, 1.82) is 0 Å². The Morgan fingerprint density at radius 3 is 2.07 bits per heavy atom. The lowest BCUT2D eigenvalue weighted by molar-refractivity contribution is -0.137. The molecule has 0 unspecified atom stereocenters. The number of rotatable bonds is 3. The van der Waals surface area contributed by atoms with Gasteiger partial charge >= 0.3 is 12.3 Å². The molecule has 0 aliphatic carbocycles. The number of carbonyl (C=O) groups is 2. The number of hydrogen-bond acceptors (Lipinski definition) is 3. The van der Waals surface area contributed by atoms with E-state index in [4.69, 9.17) is 4.74 Å². The maximum atomic E-state index is 13.9. The van der Waals surface area contributed by atoms with Crippen molar-refractivity contribution in [3.8, 4) is 0 Å². The van der Waals surface area contributed by atoms with Crippen LogP contribution in [0, 0.1) is 5.82 Å². The molecule has 0 atom stereocenters. The molecule has 28 heavy (non-hydrogen) atoms. The Morgan fingerprint density at radius 2 is 1.54 bits per heavy atom. The van der Waals surface area contributed by atoms with Gasteiger partial charge in [-0.3, -0.25) is 10.1 Å². The molecule has 0 fully saturated rings. The number of ether oxygens (including phenoxy) is 1. The van der Waals surface area contributed by atoms with E-state index in [1.165, 1.54) is 12.1 Å². The average Bonchev–Trinajstić information content (AvgIpc) is 2.55. The number of hydrogen-bond donors (Lipinski definition) is 2. The van der Waals surface area contributed by atoms with Gasteiger partial charge in [0.05, 0.1) is 11.3 Å². The van der Waals surface area contributed by atoms with E-state index in [0.717, 1.165) is 30.3 Å². The highest BCUT2D eigenvalue weighted by Crippen LogP contribution is 2.29. The minimum Gasteiger partial charge on any atom is -0.444 e. The van der Waals surface area contributed by atoms with Gasteiger partial charge in [0, 0.05) is 11.3 Å². The molecule has 2 N–H and O–H groups in total. The van der Waals surface area contributed by atoms with Gasteiger partial charge in [0.1, 0.15) is 11.4 Å². The summed E-state index contributed by atoms with van der Waals surface area (Å²) in [4.78, 5) is 24.0. The van der Waals surface area contributed by atoms with Crippen molar-refractivity contribution in [2.45, 2.75) is 32.5 Å². The third-order valence-corrected chi connectivity index (χ3v) is 3.33. The van der Waals surface area contributed by atoms with Crippen molar-refractivity contribution in [2.75, 3.05) is 10.6 Å². The zero-order valence-electron chi connectivity index (χ0n) is 15.3. The first-order valence-electron chi connectivity index (χ1n) is 8.13. The zero-order chi connectivity index (χ0) is 21.1. The average molecular weight is 398 g/mol. The van der Waals surface area contributed by atoms with Crippen LogP contribution in [0.1, 0.15) is 36.7 Å². The molecule has 0 aromatic heterocycles. The van der Waals surface area contributed by atoms with Crippen LogP contribution < -0.4 is 10.6 Å². The van der Waals surface area contributed by atoms with E-state index in [-0.39, 0.29) is 16.9 Å². The van der Waals surface area contributed by atoms with Gasteiger partial charge in [-0.05, 0) is 63.2 Å². The first-order valence-corrected chi connectivity index (χ1v) is 8.13. The standard InChI is InChI=1S/C19H18F4N2O3/c1-18(2,3)28-17(27)25-15-10-13(8-9-14(15)20)24-16(26)11-4-6-12(7-5-11)19(21,22)23/h4-10H,1-3H3,(H,24,26)(H,25,27). The topological polar surface area (TPSA) is 67.4 Å². The molecule has 5 nitrogen and oxygen atoms in total. The third kappa shape index (κ3) is 5.97. The summed E-state index contributed by atoms with van der Waals surface area (Å²) in [7, 11) is 0. The van der Waals surface area contributed by atoms with Crippen LogP contribution in [0.4, 0.5) is 33.7 Å². The first-order chi connectivity index (χ1) is 12.8. The summed E-state index contributed by atoms with van der Waals surface area (Å²) in [6, 6.07) is 7.07. The maximum absolute atomic E-state index is 13.9. The van der Waals surface area contributed by atoms with E-state index in [0.29, 0.717) is 0 Å². The van der Waals surface area contributed by atoms with Gasteiger partial charge < -0.3 is 10.1 Å². The molecule has 2 rings (SSSR count). The summed E-state index contributed by atoms with van der Waals surface area (Å²) < 4.78 is 56.6. The number of anilines is 2. The van der Waals surface area contributed by atoms with Crippen LogP contribution in [0.25, 0.3) is 0 Å². The Balaban J connectivity index is 2.12. The molecule has 0 radical (unpaired) electrons. The van der Waals surface area contributed by atoms with E-state index in [1.54, 1.807) is 20.8 Å². The summed E-state index contributed by atoms with van der Waals surface area (Å²) in [5, 5.41) is 4.66. The summed E-state index contributed by atoms with van der Waals surface area (Å²) in [5.41, 5.74) is -1.76. The van der Waals surface area contributed by atoms with Gasteiger partial charge in [0.25, 0.3) is 5.91 Å². The van der Waals surface area contributed by atoms with Crippen LogP contribution in [-0.4, -0.2) is 17.6 Å². The van der Waals surface area contributed by atoms with Crippen LogP contribution in [-0.2, 0) is 10.9 Å². The smallest absolute Gasteiger partial charge is 0.416 e. The van der Waals surface area contributed by atoms with E-state index in [9.17, 15) is 27.2 Å². The quantitative estimate of drug-likeness (QED) is 0.676. The van der Waals surface area contributed by atoms with E-state index in [1.807, 2.05) is 0 Å². The molecule has 0 aliphatic rings. The fraction of sp³-hybridized carbons (Fsp3) is 0.263. The molecule has 9 heteroatoms. The Labute approximate surface area is 158 Å². The molecular weight excluding hydrogens is 380 g/mol. The van der Waals surface area contributed by atoms with Crippen LogP contribution in [0.15, 0.2) is 42.5 Å². The summed E-state index contributed by atoms with van der Waals surface area (Å²) in [6.07, 6.45) is -5.38. The van der Waals surface area contributed by atoms with Crippen molar-refractivity contribution in [1.82, 2.24) is 0 Å². The lowest BCUT2D eigenvalue weighted by atomic mass is 10.1. The predicted molar refractivity (Wildman–Crippen MR) is 95.7 cm³/mol. The Morgan fingerprint density at radius 1 is 0.929 bits per heavy atom. The molecule has 2 amide bonds. The largest absolute Gasteiger partial charge is 0.444 e. The highest BCUT2D eigenvalue weighted by molar-refractivity contribution is 6.04. The summed E-state index contributed by atoms with van der Waals surface area (Å²) >= 11 is 0. The van der Waals surface area contributed by atoms with Crippen molar-refractivity contribution in [3.05, 3.63) is 59.4 Å². The lowest BCUT2D eigenvalue weighted by Gasteiger charge is -2.20. The molecule has 2 aromatic rings. The van der Waals surface area contributed by atoms with Gasteiger partial charge in [0.2, 0.25) is 0 Å². The second kappa shape index (κ2) is 7.87. The minimum atomic E-state index is -4.51. The van der Waals surface area contributed by atoms with E-state index < -0.39 is 35.2 Å². The highest BCUT2D eigenvalue weighted by atomic mass is 19.4. The normalized spacial score (nSPS) is 11.7. The highest BCUT2D eigenvalue weighted by Gasteiger charge is 2.30. The summed E-state index contributed by atoms with van der Waals surface area (Å²) in [6.45, 7) is 4.93. The van der Waals surface area contributed by atoms with Crippen molar-refractivity contribution < 1.29 is 31.9 Å².